The summed E-state index contributed by atoms with van der Waals surface area (Å²) in [7, 11) is 1.50. The van der Waals surface area contributed by atoms with Crippen molar-refractivity contribution in [1.82, 2.24) is 0 Å². The molecule has 0 unspecified atom stereocenters. The summed E-state index contributed by atoms with van der Waals surface area (Å²) in [4.78, 5) is 21.7. The highest BCUT2D eigenvalue weighted by atomic mass is 16.5. The van der Waals surface area contributed by atoms with Gasteiger partial charge >= 0.3 is 5.97 Å². The predicted octanol–water partition coefficient (Wildman–Crippen LogP) is 2.07. The topological polar surface area (TPSA) is 78.6 Å². The average Bonchev–Trinajstić information content (AvgIpc) is 2.48. The monoisotopic (exact) mass is 281 g/mol. The van der Waals surface area contributed by atoms with Crippen molar-refractivity contribution >= 4 is 11.8 Å². The van der Waals surface area contributed by atoms with Gasteiger partial charge in [-0.05, 0) is 24.7 Å². The number of benzene rings is 1. The molecule has 5 heteroatoms. The molecular weight excluding hydrogens is 258 g/mol. The van der Waals surface area contributed by atoms with E-state index in [1.165, 1.54) is 14.0 Å². The molecule has 112 valence electrons. The average molecular weight is 281 g/mol. The van der Waals surface area contributed by atoms with Gasteiger partial charge in [-0.2, -0.15) is 0 Å². The molecule has 0 radical (unpaired) electrons. The molecule has 1 rings (SSSR count). The highest BCUT2D eigenvalue weighted by Crippen LogP contribution is 2.13. The fraction of sp³-hybridized carbons (Fsp3) is 0.467. The molecule has 1 aromatic carbocycles. The van der Waals surface area contributed by atoms with Gasteiger partial charge < -0.3 is 15.2 Å². The van der Waals surface area contributed by atoms with Crippen molar-refractivity contribution in [1.29, 1.82) is 0 Å². The summed E-state index contributed by atoms with van der Waals surface area (Å²) in [5, 5.41) is 0. The first kappa shape index (κ1) is 18.1. The van der Waals surface area contributed by atoms with Gasteiger partial charge in [-0.25, -0.2) is 0 Å². The summed E-state index contributed by atoms with van der Waals surface area (Å²) in [6.45, 7) is 3.88. The fourth-order valence-corrected chi connectivity index (χ4v) is 1.33. The second kappa shape index (κ2) is 11.0. The van der Waals surface area contributed by atoms with Crippen LogP contribution in [0.1, 0.15) is 32.3 Å². The largest absolute Gasteiger partial charge is 0.493 e. The summed E-state index contributed by atoms with van der Waals surface area (Å²) < 4.78 is 10.3. The number of ketones is 1. The van der Waals surface area contributed by atoms with Crippen molar-refractivity contribution in [2.75, 3.05) is 13.7 Å². The Balaban J connectivity index is 0.00000172. The Morgan fingerprint density at radius 1 is 1.15 bits per heavy atom. The van der Waals surface area contributed by atoms with Gasteiger partial charge in [0, 0.05) is 19.8 Å². The van der Waals surface area contributed by atoms with Gasteiger partial charge in [0.1, 0.15) is 18.1 Å². The van der Waals surface area contributed by atoms with Crippen LogP contribution >= 0.6 is 0 Å². The molecule has 0 aromatic heterocycles. The lowest BCUT2D eigenvalue weighted by Gasteiger charge is -2.06. The van der Waals surface area contributed by atoms with E-state index in [-0.39, 0.29) is 18.4 Å². The van der Waals surface area contributed by atoms with E-state index in [1.54, 1.807) is 12.1 Å². The summed E-state index contributed by atoms with van der Waals surface area (Å²) >= 11 is 0. The molecule has 0 saturated heterocycles. The molecule has 0 atom stereocenters. The third-order valence-electron chi connectivity index (χ3n) is 2.41. The lowest BCUT2D eigenvalue weighted by Crippen LogP contribution is -2.05. The van der Waals surface area contributed by atoms with Crippen LogP contribution in [0.25, 0.3) is 0 Å². The SMILES string of the molecule is CCC(=O)CCOc1ccc(COC(C)=O)cc1.CN. The zero-order valence-corrected chi connectivity index (χ0v) is 12.3. The van der Waals surface area contributed by atoms with Crippen molar-refractivity contribution < 1.29 is 19.1 Å². The van der Waals surface area contributed by atoms with Crippen LogP contribution in [0.5, 0.6) is 5.75 Å². The Morgan fingerprint density at radius 2 is 1.75 bits per heavy atom. The molecule has 1 aromatic rings. The highest BCUT2D eigenvalue weighted by Gasteiger charge is 2.00. The van der Waals surface area contributed by atoms with E-state index in [0.717, 1.165) is 5.56 Å². The molecule has 20 heavy (non-hydrogen) atoms. The number of ether oxygens (including phenoxy) is 2. The summed E-state index contributed by atoms with van der Waals surface area (Å²) in [6, 6.07) is 7.27. The lowest BCUT2D eigenvalue weighted by molar-refractivity contribution is -0.142. The molecule has 0 aliphatic carbocycles. The van der Waals surface area contributed by atoms with E-state index < -0.39 is 0 Å². The smallest absolute Gasteiger partial charge is 0.302 e. The van der Waals surface area contributed by atoms with E-state index in [4.69, 9.17) is 9.47 Å². The number of rotatable bonds is 7. The van der Waals surface area contributed by atoms with Crippen LogP contribution in [0.3, 0.4) is 0 Å². The van der Waals surface area contributed by atoms with Gasteiger partial charge in [0.05, 0.1) is 6.61 Å². The van der Waals surface area contributed by atoms with Crippen molar-refractivity contribution in [2.24, 2.45) is 5.73 Å². The van der Waals surface area contributed by atoms with Gasteiger partial charge in [0.2, 0.25) is 0 Å². The molecule has 0 bridgehead atoms. The second-order valence-electron chi connectivity index (χ2n) is 3.91. The van der Waals surface area contributed by atoms with E-state index in [0.29, 0.717) is 25.2 Å². The van der Waals surface area contributed by atoms with E-state index >= 15 is 0 Å². The van der Waals surface area contributed by atoms with Crippen LogP contribution in [-0.4, -0.2) is 25.4 Å². The molecular formula is C15H23NO4. The van der Waals surface area contributed by atoms with Crippen LogP contribution in [0.4, 0.5) is 0 Å². The molecule has 0 amide bonds. The number of carbonyl (C=O) groups excluding carboxylic acids is 2. The summed E-state index contributed by atoms with van der Waals surface area (Å²) in [6.07, 6.45) is 0.983. The minimum absolute atomic E-state index is 0.196. The van der Waals surface area contributed by atoms with E-state index in [9.17, 15) is 9.59 Å². The van der Waals surface area contributed by atoms with Gasteiger partial charge in [0.15, 0.2) is 0 Å². The van der Waals surface area contributed by atoms with E-state index in [1.807, 2.05) is 19.1 Å². The van der Waals surface area contributed by atoms with Crippen LogP contribution in [-0.2, 0) is 20.9 Å². The minimum atomic E-state index is -0.298. The summed E-state index contributed by atoms with van der Waals surface area (Å²) in [5.74, 6) is 0.611. The maximum absolute atomic E-state index is 11.1. The fourth-order valence-electron chi connectivity index (χ4n) is 1.33. The van der Waals surface area contributed by atoms with Gasteiger partial charge in [-0.15, -0.1) is 0 Å². The molecule has 2 N–H and O–H groups in total. The Kier molecular flexibility index (Phi) is 9.96. The third kappa shape index (κ3) is 8.26. The highest BCUT2D eigenvalue weighted by molar-refractivity contribution is 5.78. The maximum Gasteiger partial charge on any atom is 0.302 e. The number of Topliss-reactive ketones (excluding diaryl/α,β-unsaturated/α-hetero) is 1. The van der Waals surface area contributed by atoms with Crippen LogP contribution in [0, 0.1) is 0 Å². The standard InChI is InChI=1S/C14H18O4.CH5N/c1-3-13(16)8-9-17-14-6-4-12(5-7-14)10-18-11(2)15;1-2/h4-7H,3,8-10H2,1-2H3;2H2,1H3. The molecule has 5 nitrogen and oxygen atoms in total. The maximum atomic E-state index is 11.1. The number of hydrogen-bond donors (Lipinski definition) is 1. The minimum Gasteiger partial charge on any atom is -0.493 e. The lowest BCUT2D eigenvalue weighted by atomic mass is 10.2. The number of esters is 1. The zero-order chi connectivity index (χ0) is 15.4. The normalized spacial score (nSPS) is 9.20. The van der Waals surface area contributed by atoms with Gasteiger partial charge in [0.25, 0.3) is 0 Å². The zero-order valence-electron chi connectivity index (χ0n) is 12.3. The number of hydrogen-bond acceptors (Lipinski definition) is 5. The first-order valence-electron chi connectivity index (χ1n) is 6.56. The Bertz CT molecular complexity index is 401. The Hall–Kier alpha value is -1.88. The molecule has 0 fully saturated rings. The molecule has 0 heterocycles. The van der Waals surface area contributed by atoms with Gasteiger partial charge in [-0.3, -0.25) is 9.59 Å². The number of carbonyl (C=O) groups is 2. The van der Waals surface area contributed by atoms with E-state index in [2.05, 4.69) is 5.73 Å². The van der Waals surface area contributed by atoms with Gasteiger partial charge in [-0.1, -0.05) is 19.1 Å². The third-order valence-corrected chi connectivity index (χ3v) is 2.41. The van der Waals surface area contributed by atoms with Crippen molar-refractivity contribution in [3.8, 4) is 5.75 Å². The van der Waals surface area contributed by atoms with Crippen molar-refractivity contribution in [3.05, 3.63) is 29.8 Å². The first-order valence-corrected chi connectivity index (χ1v) is 6.56. The van der Waals surface area contributed by atoms with Crippen molar-refractivity contribution in [3.63, 3.8) is 0 Å². The molecule has 0 aliphatic heterocycles. The van der Waals surface area contributed by atoms with Crippen LogP contribution in [0.2, 0.25) is 0 Å². The van der Waals surface area contributed by atoms with Crippen LogP contribution < -0.4 is 10.5 Å². The predicted molar refractivity (Wildman–Crippen MR) is 77.4 cm³/mol. The van der Waals surface area contributed by atoms with Crippen LogP contribution in [0.15, 0.2) is 24.3 Å². The van der Waals surface area contributed by atoms with Crippen molar-refractivity contribution in [2.45, 2.75) is 33.3 Å². The Morgan fingerprint density at radius 3 is 2.25 bits per heavy atom. The molecule has 0 aliphatic rings. The second-order valence-corrected chi connectivity index (χ2v) is 3.91. The summed E-state index contributed by atoms with van der Waals surface area (Å²) in [5.41, 5.74) is 5.40. The quantitative estimate of drug-likeness (QED) is 0.774. The molecule has 0 spiro atoms. The molecule has 0 saturated carbocycles. The first-order chi connectivity index (χ1) is 9.61. The Labute approximate surface area is 120 Å². The number of nitrogens with two attached hydrogens (primary N) is 1.